The number of fused-ring (bicyclic) bond motifs is 1. The number of hydrogen-bond acceptors (Lipinski definition) is 4. The van der Waals surface area contributed by atoms with Gasteiger partial charge in [-0.1, -0.05) is 0 Å². The Bertz CT molecular complexity index is 615. The SMILES string of the molecule is CC(C)(C)C(=O)Oc1ccc2[nH]c(=O)oc2c1. The number of esters is 1. The van der Waals surface area contributed by atoms with E-state index in [-0.39, 0.29) is 5.97 Å². The Morgan fingerprint density at radius 1 is 1.35 bits per heavy atom. The zero-order valence-electron chi connectivity index (χ0n) is 9.87. The van der Waals surface area contributed by atoms with E-state index in [1.165, 1.54) is 6.07 Å². The van der Waals surface area contributed by atoms with Crippen molar-refractivity contribution < 1.29 is 13.9 Å². The molecule has 17 heavy (non-hydrogen) atoms. The van der Waals surface area contributed by atoms with Gasteiger partial charge in [0.1, 0.15) is 5.75 Å². The summed E-state index contributed by atoms with van der Waals surface area (Å²) in [7, 11) is 0. The van der Waals surface area contributed by atoms with Gasteiger partial charge in [-0.05, 0) is 32.9 Å². The standard InChI is InChI=1S/C12H13NO4/c1-12(2,3)10(14)16-7-4-5-8-9(6-7)17-11(15)13-8/h4-6H,1-3H3,(H,13,15). The minimum atomic E-state index is -0.575. The van der Waals surface area contributed by atoms with Crippen LogP contribution in [0, 0.1) is 5.41 Å². The first-order chi connectivity index (χ1) is 7.86. The van der Waals surface area contributed by atoms with Crippen LogP contribution >= 0.6 is 0 Å². The number of carbonyl (C=O) groups excluding carboxylic acids is 1. The van der Waals surface area contributed by atoms with Crippen LogP contribution in [-0.2, 0) is 4.79 Å². The Morgan fingerprint density at radius 3 is 2.71 bits per heavy atom. The lowest BCUT2D eigenvalue weighted by atomic mass is 9.97. The number of oxazole rings is 1. The van der Waals surface area contributed by atoms with Gasteiger partial charge in [0.05, 0.1) is 10.9 Å². The third kappa shape index (κ3) is 2.38. The van der Waals surface area contributed by atoms with E-state index in [1.54, 1.807) is 32.9 Å². The lowest BCUT2D eigenvalue weighted by molar-refractivity contribution is -0.142. The topological polar surface area (TPSA) is 72.3 Å². The van der Waals surface area contributed by atoms with Crippen LogP contribution in [0.4, 0.5) is 0 Å². The second kappa shape index (κ2) is 3.76. The summed E-state index contributed by atoms with van der Waals surface area (Å²) < 4.78 is 10.1. The molecule has 0 fully saturated rings. The van der Waals surface area contributed by atoms with Crippen molar-refractivity contribution in [3.05, 3.63) is 28.7 Å². The number of rotatable bonds is 1. The molecule has 0 aliphatic carbocycles. The number of ether oxygens (including phenoxy) is 1. The first-order valence-corrected chi connectivity index (χ1v) is 5.21. The second-order valence-corrected chi connectivity index (χ2v) is 4.81. The fraction of sp³-hybridized carbons (Fsp3) is 0.333. The van der Waals surface area contributed by atoms with E-state index in [0.717, 1.165) is 0 Å². The molecule has 2 aromatic rings. The molecule has 0 aliphatic rings. The van der Waals surface area contributed by atoms with E-state index < -0.39 is 11.2 Å². The van der Waals surface area contributed by atoms with Crippen molar-refractivity contribution in [2.45, 2.75) is 20.8 Å². The van der Waals surface area contributed by atoms with Crippen molar-refractivity contribution in [1.29, 1.82) is 0 Å². The van der Waals surface area contributed by atoms with Crippen LogP contribution in [0.25, 0.3) is 11.1 Å². The molecule has 0 bridgehead atoms. The average Bonchev–Trinajstić information content (AvgIpc) is 2.55. The zero-order valence-corrected chi connectivity index (χ0v) is 9.87. The number of H-pyrrole nitrogens is 1. The van der Waals surface area contributed by atoms with Crippen molar-refractivity contribution in [2.24, 2.45) is 5.41 Å². The zero-order chi connectivity index (χ0) is 12.6. The lowest BCUT2D eigenvalue weighted by Crippen LogP contribution is -2.25. The normalized spacial score (nSPS) is 11.7. The fourth-order valence-corrected chi connectivity index (χ4v) is 1.25. The molecule has 0 atom stereocenters. The molecule has 0 spiro atoms. The van der Waals surface area contributed by atoms with Crippen LogP contribution in [-0.4, -0.2) is 11.0 Å². The van der Waals surface area contributed by atoms with Gasteiger partial charge in [-0.25, -0.2) is 4.79 Å². The predicted molar refractivity (Wildman–Crippen MR) is 61.9 cm³/mol. The van der Waals surface area contributed by atoms with Crippen molar-refractivity contribution in [3.63, 3.8) is 0 Å². The molecule has 1 heterocycles. The fourth-order valence-electron chi connectivity index (χ4n) is 1.25. The quantitative estimate of drug-likeness (QED) is 0.606. The van der Waals surface area contributed by atoms with Gasteiger partial charge in [-0.15, -0.1) is 0 Å². The van der Waals surface area contributed by atoms with Crippen molar-refractivity contribution in [3.8, 4) is 5.75 Å². The predicted octanol–water partition coefficient (Wildman–Crippen LogP) is 2.07. The van der Waals surface area contributed by atoms with Gasteiger partial charge in [-0.3, -0.25) is 9.78 Å². The summed E-state index contributed by atoms with van der Waals surface area (Å²) in [5, 5.41) is 0. The van der Waals surface area contributed by atoms with Crippen LogP contribution in [0.2, 0.25) is 0 Å². The maximum Gasteiger partial charge on any atom is 0.417 e. The van der Waals surface area contributed by atoms with Gasteiger partial charge in [0.25, 0.3) is 0 Å². The molecule has 2 rings (SSSR count). The van der Waals surface area contributed by atoms with Gasteiger partial charge in [0, 0.05) is 6.07 Å². The Labute approximate surface area is 97.4 Å². The molecule has 0 radical (unpaired) electrons. The number of aromatic nitrogens is 1. The van der Waals surface area contributed by atoms with Gasteiger partial charge in [0.2, 0.25) is 0 Å². The van der Waals surface area contributed by atoms with E-state index in [2.05, 4.69) is 4.98 Å². The Kier molecular flexibility index (Phi) is 2.53. The van der Waals surface area contributed by atoms with Crippen LogP contribution in [0.5, 0.6) is 5.75 Å². The van der Waals surface area contributed by atoms with Gasteiger partial charge < -0.3 is 9.15 Å². The number of benzene rings is 1. The van der Waals surface area contributed by atoms with Gasteiger partial charge in [0.15, 0.2) is 5.58 Å². The summed E-state index contributed by atoms with van der Waals surface area (Å²) in [6.45, 7) is 5.30. The second-order valence-electron chi connectivity index (χ2n) is 4.81. The summed E-state index contributed by atoms with van der Waals surface area (Å²) in [4.78, 5) is 25.1. The number of hydrogen-bond donors (Lipinski definition) is 1. The first-order valence-electron chi connectivity index (χ1n) is 5.21. The first kappa shape index (κ1) is 11.4. The average molecular weight is 235 g/mol. The third-order valence-electron chi connectivity index (χ3n) is 2.22. The maximum atomic E-state index is 11.7. The van der Waals surface area contributed by atoms with E-state index in [4.69, 9.17) is 9.15 Å². The van der Waals surface area contributed by atoms with Crippen LogP contribution < -0.4 is 10.5 Å². The smallest absolute Gasteiger partial charge is 0.417 e. The number of nitrogens with one attached hydrogen (secondary N) is 1. The molecule has 1 N–H and O–H groups in total. The van der Waals surface area contributed by atoms with Crippen molar-refractivity contribution in [2.75, 3.05) is 0 Å². The summed E-state index contributed by atoms with van der Waals surface area (Å²) in [6.07, 6.45) is 0. The highest BCUT2D eigenvalue weighted by Gasteiger charge is 2.23. The molecule has 5 heteroatoms. The molecule has 90 valence electrons. The highest BCUT2D eigenvalue weighted by molar-refractivity contribution is 5.80. The Balaban J connectivity index is 2.31. The van der Waals surface area contributed by atoms with Crippen LogP contribution in [0.3, 0.4) is 0 Å². The van der Waals surface area contributed by atoms with Crippen LogP contribution in [0.15, 0.2) is 27.4 Å². The summed E-state index contributed by atoms with van der Waals surface area (Å²) >= 11 is 0. The molecule has 5 nitrogen and oxygen atoms in total. The lowest BCUT2D eigenvalue weighted by Gasteiger charge is -2.15. The highest BCUT2D eigenvalue weighted by Crippen LogP contribution is 2.22. The molecule has 1 aromatic heterocycles. The van der Waals surface area contributed by atoms with E-state index in [9.17, 15) is 9.59 Å². The van der Waals surface area contributed by atoms with E-state index in [1.807, 2.05) is 0 Å². The van der Waals surface area contributed by atoms with Gasteiger partial charge in [-0.2, -0.15) is 0 Å². The minimum Gasteiger partial charge on any atom is -0.426 e. The summed E-state index contributed by atoms with van der Waals surface area (Å²) in [5.41, 5.74) is 0.369. The van der Waals surface area contributed by atoms with Gasteiger partial charge >= 0.3 is 11.7 Å². The van der Waals surface area contributed by atoms with E-state index >= 15 is 0 Å². The number of carbonyl (C=O) groups is 1. The minimum absolute atomic E-state index is 0.338. The molecular weight excluding hydrogens is 222 g/mol. The molecule has 0 amide bonds. The van der Waals surface area contributed by atoms with Crippen molar-refractivity contribution >= 4 is 17.1 Å². The van der Waals surface area contributed by atoms with Crippen molar-refractivity contribution in [1.82, 2.24) is 4.98 Å². The van der Waals surface area contributed by atoms with E-state index in [0.29, 0.717) is 16.8 Å². The summed E-state index contributed by atoms with van der Waals surface area (Å²) in [5.74, 6) is -0.505. The largest absolute Gasteiger partial charge is 0.426 e. The Hall–Kier alpha value is -2.04. The monoisotopic (exact) mass is 235 g/mol. The number of aromatic amines is 1. The third-order valence-corrected chi connectivity index (χ3v) is 2.22. The molecule has 0 unspecified atom stereocenters. The summed E-state index contributed by atoms with van der Waals surface area (Å²) in [6, 6.07) is 4.75. The molecular formula is C12H13NO4. The Morgan fingerprint density at radius 2 is 2.06 bits per heavy atom. The maximum absolute atomic E-state index is 11.7. The highest BCUT2D eigenvalue weighted by atomic mass is 16.5. The molecule has 0 saturated carbocycles. The molecule has 1 aromatic carbocycles. The van der Waals surface area contributed by atoms with Crippen LogP contribution in [0.1, 0.15) is 20.8 Å². The molecule has 0 saturated heterocycles. The molecule has 0 aliphatic heterocycles.